The van der Waals surface area contributed by atoms with Crippen LogP contribution in [0.5, 0.6) is 0 Å². The van der Waals surface area contributed by atoms with E-state index < -0.39 is 47.0 Å². The highest BCUT2D eigenvalue weighted by Crippen LogP contribution is 2.31. The van der Waals surface area contributed by atoms with Crippen LogP contribution in [0.25, 0.3) is 5.57 Å². The van der Waals surface area contributed by atoms with Gasteiger partial charge in [0.2, 0.25) is 5.91 Å². The first kappa shape index (κ1) is 27.5. The number of likely N-dealkylation sites (tertiary alicyclic amines) is 1. The molecule has 0 aromatic heterocycles. The summed E-state index contributed by atoms with van der Waals surface area (Å²) in [5.74, 6) is -3.76. The molecule has 1 fully saturated rings. The highest BCUT2D eigenvalue weighted by Gasteiger charge is 2.50. The first-order valence-corrected chi connectivity index (χ1v) is 11.8. The van der Waals surface area contributed by atoms with Gasteiger partial charge in [-0.3, -0.25) is 9.59 Å². The minimum absolute atomic E-state index is 0.165. The first-order valence-electron chi connectivity index (χ1n) is 11.8. The molecule has 2 N–H and O–H groups in total. The Morgan fingerprint density at radius 3 is 2.43 bits per heavy atom. The standard InChI is InChI=1S/C29H30F2N2O4/c1-5-7-8-19(6-2)20-11-14-22(23(31)15-20)26(34)32-24-16-25(28(36)37)33(27(24)35)29(3,4)17-18-9-12-21(30)13-10-18/h5-15,24-25H,1,16-17H2,2-4H3,(H,32,34)(H,36,37)/b8-7-,19-6+/t24-,25-/m0/s1. The molecule has 1 aliphatic heterocycles. The molecule has 2 atom stereocenters. The van der Waals surface area contributed by atoms with Crippen LogP contribution in [-0.2, 0) is 16.0 Å². The molecular formula is C29H30F2N2O4. The van der Waals surface area contributed by atoms with E-state index in [0.29, 0.717) is 5.56 Å². The highest BCUT2D eigenvalue weighted by atomic mass is 19.1. The summed E-state index contributed by atoms with van der Waals surface area (Å²) in [6.07, 6.45) is 6.96. The SMILES string of the molecule is C=C/C=C\C(=C/C)c1ccc(C(=O)N[C@H]2C[C@@H](C(=O)O)N(C(C)(C)Cc3ccc(F)cc3)C2=O)c(F)c1. The maximum absolute atomic E-state index is 14.9. The molecule has 37 heavy (non-hydrogen) atoms. The van der Waals surface area contributed by atoms with Gasteiger partial charge in [-0.1, -0.05) is 49.1 Å². The van der Waals surface area contributed by atoms with Crippen molar-refractivity contribution < 1.29 is 28.3 Å². The van der Waals surface area contributed by atoms with Crippen LogP contribution >= 0.6 is 0 Å². The third-order valence-electron chi connectivity index (χ3n) is 6.37. The summed E-state index contributed by atoms with van der Waals surface area (Å²) in [6, 6.07) is 7.57. The average molecular weight is 509 g/mol. The normalized spacial score (nSPS) is 18.4. The zero-order valence-corrected chi connectivity index (χ0v) is 21.0. The van der Waals surface area contributed by atoms with E-state index in [-0.39, 0.29) is 18.4 Å². The van der Waals surface area contributed by atoms with Crippen molar-refractivity contribution in [3.8, 4) is 0 Å². The van der Waals surface area contributed by atoms with Crippen LogP contribution in [0.2, 0.25) is 0 Å². The minimum Gasteiger partial charge on any atom is -0.480 e. The molecule has 8 heteroatoms. The number of allylic oxidation sites excluding steroid dienone is 5. The van der Waals surface area contributed by atoms with Gasteiger partial charge in [-0.05, 0) is 68.2 Å². The Morgan fingerprint density at radius 1 is 1.19 bits per heavy atom. The fourth-order valence-corrected chi connectivity index (χ4v) is 4.64. The van der Waals surface area contributed by atoms with Gasteiger partial charge in [0, 0.05) is 12.0 Å². The number of halogens is 2. The number of rotatable bonds is 9. The van der Waals surface area contributed by atoms with E-state index in [4.69, 9.17) is 0 Å². The van der Waals surface area contributed by atoms with Crippen molar-refractivity contribution >= 4 is 23.4 Å². The Balaban J connectivity index is 1.81. The van der Waals surface area contributed by atoms with Crippen molar-refractivity contribution in [1.82, 2.24) is 10.2 Å². The topological polar surface area (TPSA) is 86.7 Å². The van der Waals surface area contributed by atoms with Gasteiger partial charge < -0.3 is 15.3 Å². The zero-order valence-electron chi connectivity index (χ0n) is 21.0. The predicted molar refractivity (Wildman–Crippen MR) is 138 cm³/mol. The number of carboxylic acids is 1. The summed E-state index contributed by atoms with van der Waals surface area (Å²) in [5, 5.41) is 12.3. The Bertz CT molecular complexity index is 1270. The third kappa shape index (κ3) is 6.20. The molecule has 0 aliphatic carbocycles. The smallest absolute Gasteiger partial charge is 0.326 e. The lowest BCUT2D eigenvalue weighted by atomic mass is 9.92. The van der Waals surface area contributed by atoms with E-state index in [1.165, 1.54) is 29.2 Å². The van der Waals surface area contributed by atoms with Crippen molar-refractivity contribution in [2.75, 3.05) is 0 Å². The second-order valence-electron chi connectivity index (χ2n) is 9.47. The van der Waals surface area contributed by atoms with Gasteiger partial charge in [0.25, 0.3) is 5.91 Å². The molecule has 0 spiro atoms. The number of nitrogens with zero attached hydrogens (tertiary/aromatic N) is 1. The highest BCUT2D eigenvalue weighted by molar-refractivity contribution is 6.00. The Morgan fingerprint density at radius 2 is 1.86 bits per heavy atom. The fraction of sp³-hybridized carbons (Fsp3) is 0.276. The molecule has 1 aliphatic rings. The maximum Gasteiger partial charge on any atom is 0.326 e. The van der Waals surface area contributed by atoms with Crippen LogP contribution in [0.1, 0.15) is 48.7 Å². The number of carbonyl (C=O) groups excluding carboxylic acids is 2. The fourth-order valence-electron chi connectivity index (χ4n) is 4.64. The summed E-state index contributed by atoms with van der Waals surface area (Å²) >= 11 is 0. The average Bonchev–Trinajstić information content (AvgIpc) is 3.18. The van der Waals surface area contributed by atoms with Gasteiger partial charge >= 0.3 is 5.97 Å². The molecule has 2 amide bonds. The van der Waals surface area contributed by atoms with Crippen molar-refractivity contribution in [3.63, 3.8) is 0 Å². The number of carboxylic acid groups (broad SMARTS) is 1. The molecule has 3 rings (SSSR count). The summed E-state index contributed by atoms with van der Waals surface area (Å²) < 4.78 is 28.2. The molecule has 2 aromatic carbocycles. The second-order valence-corrected chi connectivity index (χ2v) is 9.47. The van der Waals surface area contributed by atoms with Gasteiger partial charge in [0.05, 0.1) is 5.56 Å². The van der Waals surface area contributed by atoms with Crippen molar-refractivity contribution in [2.24, 2.45) is 0 Å². The van der Waals surface area contributed by atoms with Crippen molar-refractivity contribution in [1.29, 1.82) is 0 Å². The van der Waals surface area contributed by atoms with E-state index in [2.05, 4.69) is 11.9 Å². The van der Waals surface area contributed by atoms with Crippen molar-refractivity contribution in [2.45, 2.75) is 51.2 Å². The van der Waals surface area contributed by atoms with Crippen LogP contribution < -0.4 is 5.32 Å². The molecule has 1 saturated heterocycles. The van der Waals surface area contributed by atoms with Crippen LogP contribution in [0.15, 0.2) is 73.3 Å². The summed E-state index contributed by atoms with van der Waals surface area (Å²) in [4.78, 5) is 39.5. The Hall–Kier alpha value is -4.07. The summed E-state index contributed by atoms with van der Waals surface area (Å²) in [6.45, 7) is 8.84. The summed E-state index contributed by atoms with van der Waals surface area (Å²) in [7, 11) is 0. The quantitative estimate of drug-likeness (QED) is 0.471. The number of benzene rings is 2. The third-order valence-corrected chi connectivity index (χ3v) is 6.37. The molecular weight excluding hydrogens is 478 g/mol. The van der Waals surface area contributed by atoms with Gasteiger partial charge in [0.1, 0.15) is 23.7 Å². The van der Waals surface area contributed by atoms with Crippen LogP contribution in [0.4, 0.5) is 8.78 Å². The van der Waals surface area contributed by atoms with E-state index in [0.717, 1.165) is 11.1 Å². The number of nitrogens with one attached hydrogen (secondary N) is 1. The number of amides is 2. The molecule has 0 saturated carbocycles. The van der Waals surface area contributed by atoms with E-state index in [1.54, 1.807) is 63.3 Å². The van der Waals surface area contributed by atoms with Crippen molar-refractivity contribution in [3.05, 3.63) is 102 Å². The number of carbonyl (C=O) groups is 3. The van der Waals surface area contributed by atoms with Crippen LogP contribution in [0, 0.1) is 11.6 Å². The van der Waals surface area contributed by atoms with Gasteiger partial charge in [-0.15, -0.1) is 0 Å². The molecule has 194 valence electrons. The van der Waals surface area contributed by atoms with Gasteiger partial charge in [-0.25, -0.2) is 13.6 Å². The number of hydrogen-bond acceptors (Lipinski definition) is 3. The largest absolute Gasteiger partial charge is 0.480 e. The molecule has 0 unspecified atom stereocenters. The number of hydrogen-bond donors (Lipinski definition) is 2. The lowest BCUT2D eigenvalue weighted by molar-refractivity contribution is -0.150. The van der Waals surface area contributed by atoms with E-state index in [9.17, 15) is 28.3 Å². The lowest BCUT2D eigenvalue weighted by Crippen LogP contribution is -2.54. The zero-order chi connectivity index (χ0) is 27.3. The van der Waals surface area contributed by atoms with E-state index >= 15 is 0 Å². The first-order chi connectivity index (χ1) is 17.5. The minimum atomic E-state index is -1.21. The molecule has 0 bridgehead atoms. The molecule has 2 aromatic rings. The maximum atomic E-state index is 14.9. The van der Waals surface area contributed by atoms with Crippen LogP contribution in [0.3, 0.4) is 0 Å². The second kappa shape index (κ2) is 11.3. The van der Waals surface area contributed by atoms with Crippen LogP contribution in [-0.4, -0.2) is 45.4 Å². The van der Waals surface area contributed by atoms with Gasteiger partial charge in [-0.2, -0.15) is 0 Å². The summed E-state index contributed by atoms with van der Waals surface area (Å²) in [5.41, 5.74) is 0.815. The molecule has 6 nitrogen and oxygen atoms in total. The molecule has 1 heterocycles. The van der Waals surface area contributed by atoms with E-state index in [1.807, 2.05) is 0 Å². The number of aliphatic carboxylic acids is 1. The monoisotopic (exact) mass is 508 g/mol. The Kier molecular flexibility index (Phi) is 8.42. The predicted octanol–water partition coefficient (Wildman–Crippen LogP) is 4.92. The van der Waals surface area contributed by atoms with Gasteiger partial charge in [0.15, 0.2) is 0 Å². The molecule has 0 radical (unpaired) electrons. The Labute approximate surface area is 215 Å². The lowest BCUT2D eigenvalue weighted by Gasteiger charge is -2.38.